The summed E-state index contributed by atoms with van der Waals surface area (Å²) in [6.45, 7) is 3.30. The monoisotopic (exact) mass is 330 g/mol. The second kappa shape index (κ2) is 6.39. The predicted octanol–water partition coefficient (Wildman–Crippen LogP) is 3.31. The van der Waals surface area contributed by atoms with Crippen LogP contribution in [0, 0.1) is 19.7 Å². The second-order valence-electron chi connectivity index (χ2n) is 5.07. The maximum atomic E-state index is 13.4. The summed E-state index contributed by atoms with van der Waals surface area (Å²) in [4.78, 5) is 11.8. The molecule has 1 aromatic carbocycles. The Hall–Kier alpha value is -2.38. The van der Waals surface area contributed by atoms with Gasteiger partial charge in [-0.1, -0.05) is 11.2 Å². The highest BCUT2D eigenvalue weighted by Gasteiger charge is 2.33. The molecule has 0 bridgehead atoms. The van der Waals surface area contributed by atoms with Gasteiger partial charge in [-0.2, -0.15) is 13.2 Å². The number of carbonyl (C=O) groups excluding carboxylic acids is 1. The standard InChI is InChI=1S/C15H14F4N2O2/c1-8-11(9(2)23-21-8)6-14(22)20-7-10-3-4-12(13(16)5-10)15(17,18)19/h3-5H,6-7H2,1-2H3,(H,20,22). The Labute approximate surface area is 129 Å². The van der Waals surface area contributed by atoms with Crippen molar-refractivity contribution < 1.29 is 26.9 Å². The number of carbonyl (C=O) groups is 1. The molecule has 0 aliphatic heterocycles. The van der Waals surface area contributed by atoms with Gasteiger partial charge in [0, 0.05) is 12.1 Å². The smallest absolute Gasteiger partial charge is 0.361 e. The number of amides is 1. The topological polar surface area (TPSA) is 55.1 Å². The first-order valence-corrected chi connectivity index (χ1v) is 6.72. The minimum atomic E-state index is -4.74. The molecule has 0 unspecified atom stereocenters. The Morgan fingerprint density at radius 1 is 1.30 bits per heavy atom. The van der Waals surface area contributed by atoms with Crippen LogP contribution in [-0.2, 0) is 23.9 Å². The van der Waals surface area contributed by atoms with Crippen molar-refractivity contribution in [2.24, 2.45) is 0 Å². The number of aryl methyl sites for hydroxylation is 2. The molecular formula is C15H14F4N2O2. The Morgan fingerprint density at radius 2 is 2.00 bits per heavy atom. The van der Waals surface area contributed by atoms with E-state index in [0.29, 0.717) is 23.1 Å². The molecule has 8 heteroatoms. The van der Waals surface area contributed by atoms with E-state index in [1.807, 2.05) is 0 Å². The SMILES string of the molecule is Cc1noc(C)c1CC(=O)NCc1ccc(C(F)(F)F)c(F)c1. The highest BCUT2D eigenvalue weighted by Crippen LogP contribution is 2.31. The first-order valence-electron chi connectivity index (χ1n) is 6.72. The summed E-state index contributed by atoms with van der Waals surface area (Å²) < 4.78 is 55.7. The lowest BCUT2D eigenvalue weighted by atomic mass is 10.1. The van der Waals surface area contributed by atoms with Gasteiger partial charge in [0.05, 0.1) is 17.7 Å². The summed E-state index contributed by atoms with van der Waals surface area (Å²) in [7, 11) is 0. The average Bonchev–Trinajstić information content (AvgIpc) is 2.75. The third kappa shape index (κ3) is 4.08. The van der Waals surface area contributed by atoms with Gasteiger partial charge in [-0.15, -0.1) is 0 Å². The molecule has 0 spiro atoms. The molecule has 0 saturated heterocycles. The van der Waals surface area contributed by atoms with E-state index in [2.05, 4.69) is 10.5 Å². The van der Waals surface area contributed by atoms with Gasteiger partial charge in [-0.25, -0.2) is 4.39 Å². The fraction of sp³-hybridized carbons (Fsp3) is 0.333. The van der Waals surface area contributed by atoms with E-state index >= 15 is 0 Å². The van der Waals surface area contributed by atoms with Crippen LogP contribution >= 0.6 is 0 Å². The minimum Gasteiger partial charge on any atom is -0.361 e. The summed E-state index contributed by atoms with van der Waals surface area (Å²) in [5, 5.41) is 6.24. The molecule has 124 valence electrons. The van der Waals surface area contributed by atoms with E-state index in [4.69, 9.17) is 4.52 Å². The number of hydrogen-bond acceptors (Lipinski definition) is 3. The van der Waals surface area contributed by atoms with Crippen molar-refractivity contribution in [1.29, 1.82) is 0 Å². The number of hydrogen-bond donors (Lipinski definition) is 1. The van der Waals surface area contributed by atoms with Crippen LogP contribution in [0.25, 0.3) is 0 Å². The number of nitrogens with zero attached hydrogens (tertiary/aromatic N) is 1. The molecule has 1 heterocycles. The molecule has 0 aliphatic carbocycles. The Balaban J connectivity index is 1.98. The molecule has 23 heavy (non-hydrogen) atoms. The highest BCUT2D eigenvalue weighted by atomic mass is 19.4. The van der Waals surface area contributed by atoms with Gasteiger partial charge in [0.15, 0.2) is 0 Å². The summed E-state index contributed by atoms with van der Waals surface area (Å²) in [6.07, 6.45) is -4.71. The van der Waals surface area contributed by atoms with Crippen molar-refractivity contribution in [3.05, 3.63) is 52.2 Å². The molecule has 1 aromatic heterocycles. The Bertz CT molecular complexity index is 703. The van der Waals surface area contributed by atoms with Crippen LogP contribution in [0.3, 0.4) is 0 Å². The minimum absolute atomic E-state index is 0.0320. The first kappa shape index (κ1) is 17.0. The van der Waals surface area contributed by atoms with E-state index in [0.717, 1.165) is 12.1 Å². The molecule has 0 radical (unpaired) electrons. The van der Waals surface area contributed by atoms with E-state index in [9.17, 15) is 22.4 Å². The van der Waals surface area contributed by atoms with Gasteiger partial charge in [0.1, 0.15) is 11.6 Å². The van der Waals surface area contributed by atoms with Gasteiger partial charge in [0.2, 0.25) is 5.91 Å². The summed E-state index contributed by atoms with van der Waals surface area (Å²) in [5.74, 6) is -1.20. The van der Waals surface area contributed by atoms with Crippen LogP contribution in [0.15, 0.2) is 22.7 Å². The maximum absolute atomic E-state index is 13.4. The number of alkyl halides is 3. The van der Waals surface area contributed by atoms with E-state index in [-0.39, 0.29) is 24.4 Å². The molecule has 0 saturated carbocycles. The molecule has 0 atom stereocenters. The van der Waals surface area contributed by atoms with E-state index < -0.39 is 17.6 Å². The van der Waals surface area contributed by atoms with Gasteiger partial charge in [-0.05, 0) is 31.5 Å². The highest BCUT2D eigenvalue weighted by molar-refractivity contribution is 5.79. The van der Waals surface area contributed by atoms with Gasteiger partial charge in [-0.3, -0.25) is 4.79 Å². The molecule has 2 rings (SSSR count). The Morgan fingerprint density at radius 3 is 2.52 bits per heavy atom. The zero-order chi connectivity index (χ0) is 17.2. The van der Waals surface area contributed by atoms with Crippen molar-refractivity contribution in [2.45, 2.75) is 33.0 Å². The van der Waals surface area contributed by atoms with E-state index in [1.54, 1.807) is 13.8 Å². The number of halogens is 4. The summed E-state index contributed by atoms with van der Waals surface area (Å²) in [5.41, 5.74) is 0.158. The lowest BCUT2D eigenvalue weighted by molar-refractivity contribution is -0.140. The van der Waals surface area contributed by atoms with Crippen LogP contribution in [0.5, 0.6) is 0 Å². The Kier molecular flexibility index (Phi) is 4.72. The number of rotatable bonds is 4. The average molecular weight is 330 g/mol. The van der Waals surface area contributed by atoms with Crippen LogP contribution in [0.4, 0.5) is 17.6 Å². The number of nitrogens with one attached hydrogen (secondary N) is 1. The van der Waals surface area contributed by atoms with Crippen molar-refractivity contribution in [1.82, 2.24) is 10.5 Å². The zero-order valence-corrected chi connectivity index (χ0v) is 12.4. The number of aromatic nitrogens is 1. The lowest BCUT2D eigenvalue weighted by Crippen LogP contribution is -2.25. The summed E-state index contributed by atoms with van der Waals surface area (Å²) in [6, 6.07) is 2.55. The molecular weight excluding hydrogens is 316 g/mol. The third-order valence-electron chi connectivity index (χ3n) is 3.35. The molecule has 4 nitrogen and oxygen atoms in total. The quantitative estimate of drug-likeness (QED) is 0.875. The largest absolute Gasteiger partial charge is 0.419 e. The van der Waals surface area contributed by atoms with Crippen molar-refractivity contribution in [2.75, 3.05) is 0 Å². The van der Waals surface area contributed by atoms with Crippen molar-refractivity contribution in [3.63, 3.8) is 0 Å². The summed E-state index contributed by atoms with van der Waals surface area (Å²) >= 11 is 0. The number of benzene rings is 1. The van der Waals surface area contributed by atoms with Gasteiger partial charge < -0.3 is 9.84 Å². The van der Waals surface area contributed by atoms with Crippen LogP contribution in [-0.4, -0.2) is 11.1 Å². The van der Waals surface area contributed by atoms with Gasteiger partial charge >= 0.3 is 6.18 Å². The first-order chi connectivity index (χ1) is 10.7. The molecule has 0 fully saturated rings. The zero-order valence-electron chi connectivity index (χ0n) is 12.4. The molecule has 1 amide bonds. The van der Waals surface area contributed by atoms with Crippen LogP contribution < -0.4 is 5.32 Å². The predicted molar refractivity (Wildman–Crippen MR) is 72.9 cm³/mol. The lowest BCUT2D eigenvalue weighted by Gasteiger charge is -2.10. The fourth-order valence-electron chi connectivity index (χ4n) is 2.08. The van der Waals surface area contributed by atoms with Crippen molar-refractivity contribution in [3.8, 4) is 0 Å². The maximum Gasteiger partial charge on any atom is 0.419 e. The van der Waals surface area contributed by atoms with Crippen molar-refractivity contribution >= 4 is 5.91 Å². The fourth-order valence-corrected chi connectivity index (χ4v) is 2.08. The van der Waals surface area contributed by atoms with Crippen LogP contribution in [0.2, 0.25) is 0 Å². The van der Waals surface area contributed by atoms with E-state index in [1.165, 1.54) is 0 Å². The molecule has 0 aliphatic rings. The van der Waals surface area contributed by atoms with Gasteiger partial charge in [0.25, 0.3) is 0 Å². The normalized spacial score (nSPS) is 11.6. The van der Waals surface area contributed by atoms with Crippen LogP contribution in [0.1, 0.15) is 28.1 Å². The third-order valence-corrected chi connectivity index (χ3v) is 3.35. The second-order valence-corrected chi connectivity index (χ2v) is 5.07. The molecule has 1 N–H and O–H groups in total. The molecule has 2 aromatic rings.